The number of benzene rings is 2. The highest BCUT2D eigenvalue weighted by atomic mass is 32.2. The van der Waals surface area contributed by atoms with Crippen molar-refractivity contribution in [3.63, 3.8) is 0 Å². The molecule has 31 heavy (non-hydrogen) atoms. The van der Waals surface area contributed by atoms with E-state index < -0.39 is 26.0 Å². The molecule has 2 aromatic rings. The number of nitrogens with two attached hydrogens (primary N) is 1. The number of nitrogens with zero attached hydrogens (tertiary/aromatic N) is 1. The SMILES string of the molecule is COc1ccc(C(=O)NCc2ccc(S(N)(=O)=O)cc2)cc1S(=O)(=O)N1CCOCC1. The Hall–Kier alpha value is -2.51. The second-order valence-electron chi connectivity index (χ2n) is 6.75. The standard InChI is InChI=1S/C19H23N3O7S2/c1-28-17-7-4-15(12-18(17)31(26,27)22-8-10-29-11-9-22)19(23)21-13-14-2-5-16(6-3-14)30(20,24)25/h2-7,12H,8-11,13H2,1H3,(H,21,23)(H2,20,24,25). The highest BCUT2D eigenvalue weighted by Crippen LogP contribution is 2.28. The lowest BCUT2D eigenvalue weighted by Crippen LogP contribution is -2.40. The lowest BCUT2D eigenvalue weighted by Gasteiger charge is -2.26. The average Bonchev–Trinajstić information content (AvgIpc) is 2.77. The molecule has 3 N–H and O–H groups in total. The van der Waals surface area contributed by atoms with Crippen molar-refractivity contribution in [2.75, 3.05) is 33.4 Å². The van der Waals surface area contributed by atoms with Crippen LogP contribution in [0.4, 0.5) is 0 Å². The first kappa shape index (κ1) is 23.2. The predicted molar refractivity (Wildman–Crippen MR) is 112 cm³/mol. The van der Waals surface area contributed by atoms with Crippen molar-refractivity contribution in [1.29, 1.82) is 0 Å². The molecule has 0 radical (unpaired) electrons. The number of carbonyl (C=O) groups excluding carboxylic acids is 1. The van der Waals surface area contributed by atoms with Crippen LogP contribution in [0.15, 0.2) is 52.3 Å². The van der Waals surface area contributed by atoms with E-state index in [0.29, 0.717) is 18.8 Å². The van der Waals surface area contributed by atoms with E-state index in [2.05, 4.69) is 5.32 Å². The smallest absolute Gasteiger partial charge is 0.251 e. The van der Waals surface area contributed by atoms with Gasteiger partial charge in [-0.3, -0.25) is 4.79 Å². The minimum Gasteiger partial charge on any atom is -0.495 e. The molecule has 168 valence electrons. The van der Waals surface area contributed by atoms with E-state index >= 15 is 0 Å². The van der Waals surface area contributed by atoms with Gasteiger partial charge < -0.3 is 14.8 Å². The minimum absolute atomic E-state index is 0.0318. The van der Waals surface area contributed by atoms with E-state index in [0.717, 1.165) is 0 Å². The number of rotatable bonds is 7. The maximum absolute atomic E-state index is 13.0. The fourth-order valence-corrected chi connectivity index (χ4v) is 5.13. The van der Waals surface area contributed by atoms with Crippen LogP contribution < -0.4 is 15.2 Å². The number of carbonyl (C=O) groups is 1. The second-order valence-corrected chi connectivity index (χ2v) is 10.2. The van der Waals surface area contributed by atoms with Crippen LogP contribution in [-0.2, 0) is 31.3 Å². The van der Waals surface area contributed by atoms with Crippen molar-refractivity contribution < 1.29 is 31.1 Å². The van der Waals surface area contributed by atoms with Gasteiger partial charge in [0.05, 0.1) is 25.2 Å². The summed E-state index contributed by atoms with van der Waals surface area (Å²) in [5.74, 6) is -0.349. The third-order valence-corrected chi connectivity index (χ3v) is 7.57. The molecule has 0 saturated carbocycles. The normalized spacial score (nSPS) is 15.4. The quantitative estimate of drug-likeness (QED) is 0.593. The monoisotopic (exact) mass is 469 g/mol. The number of nitrogens with one attached hydrogen (secondary N) is 1. The summed E-state index contributed by atoms with van der Waals surface area (Å²) in [4.78, 5) is 12.5. The van der Waals surface area contributed by atoms with E-state index in [-0.39, 0.29) is 40.7 Å². The van der Waals surface area contributed by atoms with Crippen molar-refractivity contribution in [3.05, 3.63) is 53.6 Å². The Bertz CT molecular complexity index is 1160. The number of sulfonamides is 2. The van der Waals surface area contributed by atoms with Crippen LogP contribution in [0.1, 0.15) is 15.9 Å². The van der Waals surface area contributed by atoms with Gasteiger partial charge in [-0.1, -0.05) is 12.1 Å². The average molecular weight is 470 g/mol. The number of amides is 1. The lowest BCUT2D eigenvalue weighted by atomic mass is 10.2. The van der Waals surface area contributed by atoms with Crippen molar-refractivity contribution in [3.8, 4) is 5.75 Å². The molecule has 12 heteroatoms. The number of primary sulfonamides is 1. The number of ether oxygens (including phenoxy) is 2. The fraction of sp³-hybridized carbons (Fsp3) is 0.316. The summed E-state index contributed by atoms with van der Waals surface area (Å²) in [6.07, 6.45) is 0. The molecule has 0 bridgehead atoms. The molecule has 1 aliphatic rings. The molecule has 0 spiro atoms. The molecule has 1 heterocycles. The van der Waals surface area contributed by atoms with Gasteiger partial charge in [0.25, 0.3) is 5.91 Å². The summed E-state index contributed by atoms with van der Waals surface area (Å²) in [7, 11) is -6.30. The Morgan fingerprint density at radius 1 is 1.10 bits per heavy atom. The first-order chi connectivity index (χ1) is 14.6. The Balaban J connectivity index is 1.78. The molecule has 1 aliphatic heterocycles. The zero-order valence-corrected chi connectivity index (χ0v) is 18.4. The zero-order chi connectivity index (χ0) is 22.6. The molecule has 2 aromatic carbocycles. The van der Waals surface area contributed by atoms with Crippen molar-refractivity contribution in [1.82, 2.24) is 9.62 Å². The van der Waals surface area contributed by atoms with Gasteiger partial charge in [0.1, 0.15) is 10.6 Å². The molecule has 0 unspecified atom stereocenters. The maximum atomic E-state index is 13.0. The van der Waals surface area contributed by atoms with E-state index in [1.54, 1.807) is 0 Å². The summed E-state index contributed by atoms with van der Waals surface area (Å²) in [6.45, 7) is 1.14. The van der Waals surface area contributed by atoms with Gasteiger partial charge in [-0.15, -0.1) is 0 Å². The molecule has 1 fully saturated rings. The van der Waals surface area contributed by atoms with Gasteiger partial charge in [-0.05, 0) is 35.9 Å². The molecule has 0 aliphatic carbocycles. The van der Waals surface area contributed by atoms with Gasteiger partial charge in [0.2, 0.25) is 20.0 Å². The van der Waals surface area contributed by atoms with Crippen LogP contribution in [-0.4, -0.2) is 60.5 Å². The summed E-state index contributed by atoms with van der Waals surface area (Å²) in [5, 5.41) is 7.74. The zero-order valence-electron chi connectivity index (χ0n) is 16.8. The topological polar surface area (TPSA) is 145 Å². The Morgan fingerprint density at radius 3 is 2.32 bits per heavy atom. The highest BCUT2D eigenvalue weighted by molar-refractivity contribution is 7.89. The number of morpholine rings is 1. The van der Waals surface area contributed by atoms with Crippen molar-refractivity contribution in [2.45, 2.75) is 16.3 Å². The lowest BCUT2D eigenvalue weighted by molar-refractivity contribution is 0.0729. The van der Waals surface area contributed by atoms with Crippen LogP contribution in [0.25, 0.3) is 0 Å². The first-order valence-corrected chi connectivity index (χ1v) is 12.3. The fourth-order valence-electron chi connectivity index (χ4n) is 3.03. The Morgan fingerprint density at radius 2 is 1.74 bits per heavy atom. The largest absolute Gasteiger partial charge is 0.495 e. The van der Waals surface area contributed by atoms with Crippen molar-refractivity contribution >= 4 is 26.0 Å². The van der Waals surface area contributed by atoms with Crippen molar-refractivity contribution in [2.24, 2.45) is 5.14 Å². The highest BCUT2D eigenvalue weighted by Gasteiger charge is 2.30. The predicted octanol–water partition coefficient (Wildman–Crippen LogP) is 0.294. The van der Waals surface area contributed by atoms with Crippen LogP contribution >= 0.6 is 0 Å². The van der Waals surface area contributed by atoms with Gasteiger partial charge in [0.15, 0.2) is 0 Å². The Kier molecular flexibility index (Phi) is 6.96. The molecule has 10 nitrogen and oxygen atoms in total. The first-order valence-electron chi connectivity index (χ1n) is 9.29. The number of hydrogen-bond acceptors (Lipinski definition) is 7. The third kappa shape index (κ3) is 5.40. The van der Waals surface area contributed by atoms with Crippen LogP contribution in [0.5, 0.6) is 5.75 Å². The summed E-state index contributed by atoms with van der Waals surface area (Å²) in [6, 6.07) is 9.93. The number of methoxy groups -OCH3 is 1. The van der Waals surface area contributed by atoms with E-state index in [4.69, 9.17) is 14.6 Å². The second kappa shape index (κ2) is 9.32. The Labute approximate surface area is 181 Å². The number of hydrogen-bond donors (Lipinski definition) is 2. The van der Waals surface area contributed by atoms with Crippen LogP contribution in [0.3, 0.4) is 0 Å². The third-order valence-electron chi connectivity index (χ3n) is 4.72. The van der Waals surface area contributed by atoms with Gasteiger partial charge in [-0.25, -0.2) is 22.0 Å². The summed E-state index contributed by atoms with van der Waals surface area (Å²) < 4.78 is 60.4. The molecule has 0 aromatic heterocycles. The van der Waals surface area contributed by atoms with Gasteiger partial charge in [-0.2, -0.15) is 4.31 Å². The maximum Gasteiger partial charge on any atom is 0.251 e. The molecule has 0 atom stereocenters. The molecule has 1 amide bonds. The van der Waals surface area contributed by atoms with E-state index in [1.807, 2.05) is 0 Å². The summed E-state index contributed by atoms with van der Waals surface area (Å²) >= 11 is 0. The van der Waals surface area contributed by atoms with Crippen LogP contribution in [0.2, 0.25) is 0 Å². The van der Waals surface area contributed by atoms with E-state index in [1.165, 1.54) is 53.9 Å². The van der Waals surface area contributed by atoms with E-state index in [9.17, 15) is 21.6 Å². The summed E-state index contributed by atoms with van der Waals surface area (Å²) in [5.41, 5.74) is 0.796. The van der Waals surface area contributed by atoms with Crippen LogP contribution in [0, 0.1) is 0 Å². The van der Waals surface area contributed by atoms with Gasteiger partial charge in [0, 0.05) is 25.2 Å². The molecular formula is C19H23N3O7S2. The molecular weight excluding hydrogens is 446 g/mol. The molecule has 3 rings (SSSR count). The molecule has 1 saturated heterocycles. The minimum atomic E-state index is -3.87. The van der Waals surface area contributed by atoms with Gasteiger partial charge >= 0.3 is 0 Å².